The summed E-state index contributed by atoms with van der Waals surface area (Å²) >= 11 is 0. The van der Waals surface area contributed by atoms with Crippen LogP contribution in [0, 0.1) is 6.92 Å². The van der Waals surface area contributed by atoms with Gasteiger partial charge in [0.15, 0.2) is 6.10 Å². The summed E-state index contributed by atoms with van der Waals surface area (Å²) < 4.78 is 12.4. The van der Waals surface area contributed by atoms with E-state index in [2.05, 4.69) is 5.10 Å². The highest BCUT2D eigenvalue weighted by Crippen LogP contribution is 2.12. The monoisotopic (exact) mass is 424 g/mol. The molecule has 0 saturated carbocycles. The molecule has 0 amide bonds. The number of fused-ring (bicyclic) bond motifs is 1. The van der Waals surface area contributed by atoms with E-state index in [9.17, 15) is 14.7 Å². The molecule has 0 aliphatic carbocycles. The summed E-state index contributed by atoms with van der Waals surface area (Å²) in [5.41, 5.74) is 2.74. The van der Waals surface area contributed by atoms with Crippen LogP contribution < -0.4 is 5.56 Å². The highest BCUT2D eigenvalue weighted by molar-refractivity contribution is 5.83. The quantitative estimate of drug-likeness (QED) is 0.476. The van der Waals surface area contributed by atoms with Gasteiger partial charge in [0.25, 0.3) is 5.56 Å². The van der Waals surface area contributed by atoms with Gasteiger partial charge in [-0.05, 0) is 37.5 Å². The SMILES string of the molecule is CCOC(Cc1ccc(CCOCCn2nc(C)c3ccccc3c2=O)cc1)C(=O)O. The smallest absolute Gasteiger partial charge is 0.333 e. The van der Waals surface area contributed by atoms with Crippen molar-refractivity contribution in [3.63, 3.8) is 0 Å². The van der Waals surface area contributed by atoms with E-state index < -0.39 is 12.1 Å². The van der Waals surface area contributed by atoms with Crippen molar-refractivity contribution in [2.24, 2.45) is 0 Å². The van der Waals surface area contributed by atoms with E-state index in [0.717, 1.165) is 28.6 Å². The average Bonchev–Trinajstić information content (AvgIpc) is 2.77. The standard InChI is InChI=1S/C24H28N2O5/c1-3-31-22(24(28)29)16-19-10-8-18(9-11-19)12-14-30-15-13-26-23(27)21-7-5-4-6-20(21)17(2)25-26/h4-11,22H,3,12-16H2,1-2H3,(H,28,29). The lowest BCUT2D eigenvalue weighted by atomic mass is 10.0. The molecule has 0 saturated heterocycles. The third-order valence-electron chi connectivity index (χ3n) is 5.12. The van der Waals surface area contributed by atoms with Crippen molar-refractivity contribution in [1.82, 2.24) is 9.78 Å². The highest BCUT2D eigenvalue weighted by Gasteiger charge is 2.17. The number of carbonyl (C=O) groups is 1. The Labute approximate surface area is 181 Å². The molecule has 164 valence electrons. The first-order chi connectivity index (χ1) is 15.0. The van der Waals surface area contributed by atoms with Gasteiger partial charge in [-0.1, -0.05) is 42.5 Å². The maximum Gasteiger partial charge on any atom is 0.333 e. The number of carboxylic acid groups (broad SMARTS) is 1. The number of nitrogens with zero attached hydrogens (tertiary/aromatic N) is 2. The van der Waals surface area contributed by atoms with Crippen LogP contribution in [-0.2, 0) is 33.7 Å². The molecule has 31 heavy (non-hydrogen) atoms. The van der Waals surface area contributed by atoms with Crippen molar-refractivity contribution in [3.8, 4) is 0 Å². The molecule has 1 heterocycles. The molecular weight excluding hydrogens is 396 g/mol. The zero-order chi connectivity index (χ0) is 22.2. The number of benzene rings is 2. The Kier molecular flexibility index (Phi) is 7.92. The van der Waals surface area contributed by atoms with Crippen LogP contribution in [0.2, 0.25) is 0 Å². The number of aryl methyl sites for hydroxylation is 1. The molecule has 7 heteroatoms. The van der Waals surface area contributed by atoms with Crippen LogP contribution in [0.5, 0.6) is 0 Å². The Morgan fingerprint density at radius 3 is 2.42 bits per heavy atom. The molecule has 1 unspecified atom stereocenters. The number of ether oxygens (including phenoxy) is 2. The summed E-state index contributed by atoms with van der Waals surface area (Å²) in [5, 5.41) is 15.1. The molecule has 0 aliphatic rings. The number of carboxylic acids is 1. The van der Waals surface area contributed by atoms with Crippen molar-refractivity contribution in [2.75, 3.05) is 19.8 Å². The molecule has 1 aromatic heterocycles. The van der Waals surface area contributed by atoms with E-state index in [0.29, 0.717) is 38.2 Å². The maximum atomic E-state index is 12.6. The lowest BCUT2D eigenvalue weighted by Crippen LogP contribution is -2.26. The minimum absolute atomic E-state index is 0.105. The van der Waals surface area contributed by atoms with Crippen LogP contribution in [0.3, 0.4) is 0 Å². The Bertz CT molecular complexity index is 1080. The average molecular weight is 424 g/mol. The largest absolute Gasteiger partial charge is 0.479 e. The second-order valence-electron chi connectivity index (χ2n) is 7.32. The molecule has 0 fully saturated rings. The van der Waals surface area contributed by atoms with Crippen molar-refractivity contribution < 1.29 is 19.4 Å². The maximum absolute atomic E-state index is 12.6. The summed E-state index contributed by atoms with van der Waals surface area (Å²) in [5.74, 6) is -0.950. The van der Waals surface area contributed by atoms with E-state index in [4.69, 9.17) is 9.47 Å². The molecular formula is C24H28N2O5. The van der Waals surface area contributed by atoms with E-state index in [1.807, 2.05) is 55.5 Å². The van der Waals surface area contributed by atoms with Crippen molar-refractivity contribution in [2.45, 2.75) is 39.3 Å². The lowest BCUT2D eigenvalue weighted by molar-refractivity contribution is -0.149. The van der Waals surface area contributed by atoms with Gasteiger partial charge in [-0.2, -0.15) is 5.10 Å². The van der Waals surface area contributed by atoms with Gasteiger partial charge >= 0.3 is 5.97 Å². The fraction of sp³-hybridized carbons (Fsp3) is 0.375. The van der Waals surface area contributed by atoms with Crippen molar-refractivity contribution in [1.29, 1.82) is 0 Å². The van der Waals surface area contributed by atoms with Gasteiger partial charge < -0.3 is 14.6 Å². The highest BCUT2D eigenvalue weighted by atomic mass is 16.5. The van der Waals surface area contributed by atoms with Crippen LogP contribution >= 0.6 is 0 Å². The fourth-order valence-electron chi connectivity index (χ4n) is 3.47. The molecule has 0 bridgehead atoms. The molecule has 1 atom stereocenters. The third-order valence-corrected chi connectivity index (χ3v) is 5.12. The number of aliphatic carboxylic acids is 1. The van der Waals surface area contributed by atoms with Gasteiger partial charge in [-0.15, -0.1) is 0 Å². The topological polar surface area (TPSA) is 90.7 Å². The Morgan fingerprint density at radius 1 is 1.06 bits per heavy atom. The molecule has 1 N–H and O–H groups in total. The van der Waals surface area contributed by atoms with E-state index in [1.165, 1.54) is 4.68 Å². The minimum Gasteiger partial charge on any atom is -0.479 e. The fourth-order valence-corrected chi connectivity index (χ4v) is 3.47. The number of aromatic nitrogens is 2. The number of hydrogen-bond acceptors (Lipinski definition) is 5. The molecule has 7 nitrogen and oxygen atoms in total. The molecule has 0 spiro atoms. The molecule has 0 aliphatic heterocycles. The minimum atomic E-state index is -0.950. The molecule has 3 rings (SSSR count). The predicted molar refractivity (Wildman–Crippen MR) is 118 cm³/mol. The van der Waals surface area contributed by atoms with Crippen LogP contribution in [0.25, 0.3) is 10.8 Å². The third kappa shape index (κ3) is 5.99. The first kappa shape index (κ1) is 22.7. The molecule has 2 aromatic carbocycles. The summed E-state index contributed by atoms with van der Waals surface area (Å²) in [6, 6.07) is 15.3. The zero-order valence-electron chi connectivity index (χ0n) is 17.9. The van der Waals surface area contributed by atoms with Crippen molar-refractivity contribution >= 4 is 16.7 Å². The van der Waals surface area contributed by atoms with Gasteiger partial charge in [0.1, 0.15) is 0 Å². The zero-order valence-corrected chi connectivity index (χ0v) is 17.9. The summed E-state index contributed by atoms with van der Waals surface area (Å²) in [7, 11) is 0. The Morgan fingerprint density at radius 2 is 1.74 bits per heavy atom. The van der Waals surface area contributed by atoms with Crippen LogP contribution in [0.15, 0.2) is 53.3 Å². The Hall–Kier alpha value is -3.03. The number of hydrogen-bond donors (Lipinski definition) is 1. The van der Waals surface area contributed by atoms with E-state index in [-0.39, 0.29) is 5.56 Å². The van der Waals surface area contributed by atoms with Crippen LogP contribution in [0.1, 0.15) is 23.7 Å². The molecule has 3 aromatic rings. The van der Waals surface area contributed by atoms with Crippen LogP contribution in [0.4, 0.5) is 0 Å². The van der Waals surface area contributed by atoms with Crippen LogP contribution in [-0.4, -0.2) is 46.8 Å². The van der Waals surface area contributed by atoms with Gasteiger partial charge in [0.2, 0.25) is 0 Å². The van der Waals surface area contributed by atoms with Gasteiger partial charge in [0.05, 0.1) is 30.8 Å². The first-order valence-corrected chi connectivity index (χ1v) is 10.5. The van der Waals surface area contributed by atoms with Gasteiger partial charge in [-0.3, -0.25) is 4.79 Å². The molecule has 0 radical (unpaired) electrons. The summed E-state index contributed by atoms with van der Waals surface area (Å²) in [6.45, 7) is 5.38. The summed E-state index contributed by atoms with van der Waals surface area (Å²) in [6.07, 6.45) is 0.245. The van der Waals surface area contributed by atoms with E-state index in [1.54, 1.807) is 6.92 Å². The summed E-state index contributed by atoms with van der Waals surface area (Å²) in [4.78, 5) is 23.8. The number of rotatable bonds is 11. The predicted octanol–water partition coefficient (Wildman–Crippen LogP) is 3.00. The first-order valence-electron chi connectivity index (χ1n) is 10.5. The second-order valence-corrected chi connectivity index (χ2v) is 7.32. The van der Waals surface area contributed by atoms with E-state index >= 15 is 0 Å². The van der Waals surface area contributed by atoms with Gasteiger partial charge in [-0.25, -0.2) is 9.48 Å². The Balaban J connectivity index is 1.47. The second kappa shape index (κ2) is 10.8. The van der Waals surface area contributed by atoms with Gasteiger partial charge in [0, 0.05) is 18.4 Å². The van der Waals surface area contributed by atoms with Crippen molar-refractivity contribution in [3.05, 3.63) is 75.7 Å². The lowest BCUT2D eigenvalue weighted by Gasteiger charge is -2.12. The normalized spacial score (nSPS) is 12.2.